The van der Waals surface area contributed by atoms with E-state index < -0.39 is 0 Å². The van der Waals surface area contributed by atoms with Crippen LogP contribution in [0.25, 0.3) is 10.5 Å². The molecule has 2 aromatic rings. The highest BCUT2D eigenvalue weighted by Crippen LogP contribution is 2.30. The maximum atomic E-state index is 4.84. The largest absolute Gasteiger partial charge is 0.298 e. The summed E-state index contributed by atoms with van der Waals surface area (Å²) in [6.45, 7) is 7.75. The molecule has 0 saturated heterocycles. The van der Waals surface area contributed by atoms with Crippen LogP contribution in [0.15, 0.2) is 30.6 Å². The van der Waals surface area contributed by atoms with Crippen molar-refractivity contribution in [3.8, 4) is 0 Å². The van der Waals surface area contributed by atoms with Crippen molar-refractivity contribution < 1.29 is 0 Å². The van der Waals surface area contributed by atoms with Gasteiger partial charge in [-0.2, -0.15) is 0 Å². The molecule has 2 aromatic heterocycles. The molecule has 23 heavy (non-hydrogen) atoms. The summed E-state index contributed by atoms with van der Waals surface area (Å²) in [5.74, 6) is 0. The van der Waals surface area contributed by atoms with Crippen molar-refractivity contribution >= 4 is 21.9 Å². The van der Waals surface area contributed by atoms with Gasteiger partial charge < -0.3 is 0 Å². The minimum atomic E-state index is 0.968. The lowest BCUT2D eigenvalue weighted by atomic mass is 10.0. The number of imidazole rings is 1. The molecule has 1 aliphatic rings. The summed E-state index contributed by atoms with van der Waals surface area (Å²) >= 11 is 1.81. The third-order valence-corrected chi connectivity index (χ3v) is 5.52. The second-order valence-corrected chi connectivity index (χ2v) is 7.26. The van der Waals surface area contributed by atoms with Gasteiger partial charge in [-0.05, 0) is 37.9 Å². The maximum Gasteiger partial charge on any atom is 0.194 e. The zero-order valence-corrected chi connectivity index (χ0v) is 15.1. The average molecular weight is 330 g/mol. The van der Waals surface area contributed by atoms with Crippen LogP contribution in [0.3, 0.4) is 0 Å². The number of nitrogens with zero attached hydrogens (tertiary/aromatic N) is 3. The molecule has 0 atom stereocenters. The lowest BCUT2D eigenvalue weighted by Gasteiger charge is -2.18. The van der Waals surface area contributed by atoms with Gasteiger partial charge in [0.1, 0.15) is 0 Å². The molecule has 0 aliphatic heterocycles. The quantitative estimate of drug-likeness (QED) is 0.625. The van der Waals surface area contributed by atoms with Gasteiger partial charge >= 0.3 is 0 Å². The predicted molar refractivity (Wildman–Crippen MR) is 99.9 cm³/mol. The zero-order chi connectivity index (χ0) is 16.1. The summed E-state index contributed by atoms with van der Waals surface area (Å²) in [6.07, 6.45) is 17.3. The number of fused-ring (bicyclic) bond motifs is 1. The Bertz CT molecular complexity index is 661. The summed E-state index contributed by atoms with van der Waals surface area (Å²) in [7, 11) is 0. The SMILES string of the molecule is CCCCCN(CC)Cc1cn2cc(C3=CC=CCC3)sc2n1. The molecule has 3 rings (SSSR count). The topological polar surface area (TPSA) is 20.5 Å². The minimum Gasteiger partial charge on any atom is -0.298 e. The Labute approximate surface area is 143 Å². The number of unbranched alkanes of at least 4 members (excludes halogenated alkanes) is 2. The second-order valence-electron chi connectivity index (χ2n) is 6.25. The standard InChI is InChI=1S/C19H27N3S/c1-3-5-9-12-21(4-2)13-17-14-22-15-18(23-19(22)20-17)16-10-7-6-8-11-16/h6-7,10,14-15H,3-5,8-9,11-13H2,1-2H3. The van der Waals surface area contributed by atoms with Crippen molar-refractivity contribution in [2.24, 2.45) is 0 Å². The first-order chi connectivity index (χ1) is 11.3. The molecular weight excluding hydrogens is 302 g/mol. The normalized spacial score (nSPS) is 14.8. The van der Waals surface area contributed by atoms with E-state index in [0.717, 1.165) is 30.9 Å². The van der Waals surface area contributed by atoms with Gasteiger partial charge in [0.2, 0.25) is 0 Å². The van der Waals surface area contributed by atoms with Crippen LogP contribution in [-0.2, 0) is 6.54 Å². The third-order valence-electron chi connectivity index (χ3n) is 4.45. The van der Waals surface area contributed by atoms with E-state index in [1.165, 1.54) is 42.0 Å². The molecule has 3 nitrogen and oxygen atoms in total. The van der Waals surface area contributed by atoms with Gasteiger partial charge in [0.05, 0.1) is 10.6 Å². The minimum absolute atomic E-state index is 0.968. The summed E-state index contributed by atoms with van der Waals surface area (Å²) in [6, 6.07) is 0. The van der Waals surface area contributed by atoms with E-state index >= 15 is 0 Å². The molecule has 0 spiro atoms. The van der Waals surface area contributed by atoms with Crippen LogP contribution in [0.2, 0.25) is 0 Å². The molecule has 0 aromatic carbocycles. The van der Waals surface area contributed by atoms with Crippen LogP contribution >= 0.6 is 11.3 Å². The number of hydrogen-bond donors (Lipinski definition) is 0. The molecule has 4 heteroatoms. The van der Waals surface area contributed by atoms with Crippen LogP contribution in [0.1, 0.15) is 56.5 Å². The van der Waals surface area contributed by atoms with Gasteiger partial charge in [-0.25, -0.2) is 4.98 Å². The molecule has 0 fully saturated rings. The first-order valence-corrected chi connectivity index (χ1v) is 9.67. The summed E-state index contributed by atoms with van der Waals surface area (Å²) in [4.78, 5) is 9.82. The van der Waals surface area contributed by atoms with E-state index in [9.17, 15) is 0 Å². The van der Waals surface area contributed by atoms with Crippen LogP contribution in [0.5, 0.6) is 0 Å². The Morgan fingerprint density at radius 1 is 1.26 bits per heavy atom. The van der Waals surface area contributed by atoms with E-state index in [1.54, 1.807) is 0 Å². The van der Waals surface area contributed by atoms with Gasteiger partial charge in [0, 0.05) is 18.9 Å². The molecule has 0 radical (unpaired) electrons. The average Bonchev–Trinajstić information content (AvgIpc) is 3.13. The van der Waals surface area contributed by atoms with E-state index in [-0.39, 0.29) is 0 Å². The van der Waals surface area contributed by atoms with E-state index in [4.69, 9.17) is 4.98 Å². The highest BCUT2D eigenvalue weighted by atomic mass is 32.1. The predicted octanol–water partition coefficient (Wildman–Crippen LogP) is 5.14. The van der Waals surface area contributed by atoms with Crippen LogP contribution in [0.4, 0.5) is 0 Å². The van der Waals surface area contributed by atoms with Crippen molar-refractivity contribution in [2.45, 2.75) is 52.5 Å². The second kappa shape index (κ2) is 7.93. The highest BCUT2D eigenvalue weighted by Gasteiger charge is 2.12. The Kier molecular flexibility index (Phi) is 5.68. The lowest BCUT2D eigenvalue weighted by Crippen LogP contribution is -2.24. The van der Waals surface area contributed by atoms with Crippen LogP contribution < -0.4 is 0 Å². The first-order valence-electron chi connectivity index (χ1n) is 8.86. The molecule has 0 bridgehead atoms. The molecule has 2 heterocycles. The van der Waals surface area contributed by atoms with Crippen LogP contribution in [-0.4, -0.2) is 27.4 Å². The molecule has 0 N–H and O–H groups in total. The Morgan fingerprint density at radius 2 is 2.17 bits per heavy atom. The van der Waals surface area contributed by atoms with Gasteiger partial charge in [-0.3, -0.25) is 9.30 Å². The molecular formula is C19H27N3S. The Morgan fingerprint density at radius 3 is 2.87 bits per heavy atom. The third kappa shape index (κ3) is 4.12. The van der Waals surface area contributed by atoms with Crippen molar-refractivity contribution in [1.29, 1.82) is 0 Å². The molecule has 124 valence electrons. The zero-order valence-electron chi connectivity index (χ0n) is 14.3. The van der Waals surface area contributed by atoms with E-state index in [0.29, 0.717) is 0 Å². The fraction of sp³-hybridized carbons (Fsp3) is 0.526. The number of hydrogen-bond acceptors (Lipinski definition) is 3. The smallest absolute Gasteiger partial charge is 0.194 e. The van der Waals surface area contributed by atoms with Crippen LogP contribution in [0, 0.1) is 0 Å². The number of thiazole rings is 1. The summed E-state index contributed by atoms with van der Waals surface area (Å²) in [5, 5.41) is 0. The van der Waals surface area contributed by atoms with E-state index in [2.05, 4.69) is 53.8 Å². The molecule has 0 unspecified atom stereocenters. The monoisotopic (exact) mass is 329 g/mol. The fourth-order valence-electron chi connectivity index (χ4n) is 3.04. The first kappa shape index (κ1) is 16.5. The number of aromatic nitrogens is 2. The molecule has 0 saturated carbocycles. The summed E-state index contributed by atoms with van der Waals surface area (Å²) in [5.41, 5.74) is 2.64. The van der Waals surface area contributed by atoms with Gasteiger partial charge in [0.15, 0.2) is 4.96 Å². The van der Waals surface area contributed by atoms with Crippen molar-refractivity contribution in [3.05, 3.63) is 41.2 Å². The van der Waals surface area contributed by atoms with Gasteiger partial charge in [-0.15, -0.1) is 0 Å². The van der Waals surface area contributed by atoms with Gasteiger partial charge in [-0.1, -0.05) is 56.3 Å². The maximum absolute atomic E-state index is 4.84. The Hall–Kier alpha value is -1.39. The van der Waals surface area contributed by atoms with E-state index in [1.807, 2.05) is 11.3 Å². The number of allylic oxidation sites excluding steroid dienone is 4. The van der Waals surface area contributed by atoms with Gasteiger partial charge in [0.25, 0.3) is 0 Å². The molecule has 0 amide bonds. The fourth-order valence-corrected chi connectivity index (χ4v) is 4.08. The molecule has 1 aliphatic carbocycles. The van der Waals surface area contributed by atoms with Crippen molar-refractivity contribution in [2.75, 3.05) is 13.1 Å². The Balaban J connectivity index is 1.67. The lowest BCUT2D eigenvalue weighted by molar-refractivity contribution is 0.271. The van der Waals surface area contributed by atoms with Crippen molar-refractivity contribution in [1.82, 2.24) is 14.3 Å². The summed E-state index contributed by atoms with van der Waals surface area (Å²) < 4.78 is 2.20. The highest BCUT2D eigenvalue weighted by molar-refractivity contribution is 7.18. The number of rotatable bonds is 8. The van der Waals surface area contributed by atoms with Crippen molar-refractivity contribution in [3.63, 3.8) is 0 Å².